The van der Waals surface area contributed by atoms with Gasteiger partial charge in [0.15, 0.2) is 5.44 Å². The standard InChI is InChI=1S/C10H14N2O3S/c11-8-1-3-9(4-2-8)16(13,14)10-7-12-5-6-15-10/h1-4,10,12H,5-7,11H2. The van der Waals surface area contributed by atoms with E-state index < -0.39 is 15.3 Å². The van der Waals surface area contributed by atoms with Gasteiger partial charge < -0.3 is 15.8 Å². The fourth-order valence-electron chi connectivity index (χ4n) is 1.55. The molecule has 16 heavy (non-hydrogen) atoms. The SMILES string of the molecule is Nc1ccc(S(=O)(=O)C2CNCCO2)cc1. The Morgan fingerprint density at radius 2 is 2.00 bits per heavy atom. The van der Waals surface area contributed by atoms with Crippen molar-refractivity contribution in [2.75, 3.05) is 25.4 Å². The van der Waals surface area contributed by atoms with Crippen LogP contribution in [-0.4, -0.2) is 33.6 Å². The van der Waals surface area contributed by atoms with E-state index in [0.29, 0.717) is 25.4 Å². The van der Waals surface area contributed by atoms with Gasteiger partial charge in [0, 0.05) is 18.8 Å². The van der Waals surface area contributed by atoms with Crippen molar-refractivity contribution >= 4 is 15.5 Å². The number of hydrogen-bond acceptors (Lipinski definition) is 5. The van der Waals surface area contributed by atoms with Gasteiger partial charge in [-0.2, -0.15) is 0 Å². The van der Waals surface area contributed by atoms with Crippen LogP contribution in [0.5, 0.6) is 0 Å². The van der Waals surface area contributed by atoms with Gasteiger partial charge in [-0.25, -0.2) is 8.42 Å². The van der Waals surface area contributed by atoms with E-state index in [2.05, 4.69) is 5.32 Å². The van der Waals surface area contributed by atoms with Crippen LogP contribution in [0.4, 0.5) is 5.69 Å². The molecule has 1 aliphatic rings. The molecule has 1 saturated heterocycles. The maximum absolute atomic E-state index is 12.1. The quantitative estimate of drug-likeness (QED) is 0.713. The largest absolute Gasteiger partial charge is 0.399 e. The molecule has 1 aromatic carbocycles. The molecule has 1 unspecified atom stereocenters. The van der Waals surface area contributed by atoms with Crippen LogP contribution in [0.3, 0.4) is 0 Å². The molecule has 0 saturated carbocycles. The van der Waals surface area contributed by atoms with Crippen LogP contribution in [0, 0.1) is 0 Å². The molecule has 0 spiro atoms. The van der Waals surface area contributed by atoms with Crippen LogP contribution < -0.4 is 11.1 Å². The zero-order valence-electron chi connectivity index (χ0n) is 8.72. The highest BCUT2D eigenvalue weighted by Gasteiger charge is 2.29. The molecule has 0 aliphatic carbocycles. The maximum atomic E-state index is 12.1. The third-order valence-corrected chi connectivity index (χ3v) is 4.37. The number of nitrogens with two attached hydrogens (primary N) is 1. The van der Waals surface area contributed by atoms with Crippen LogP contribution in [0.2, 0.25) is 0 Å². The van der Waals surface area contributed by atoms with E-state index in [4.69, 9.17) is 10.5 Å². The van der Waals surface area contributed by atoms with Crippen molar-refractivity contribution < 1.29 is 13.2 Å². The van der Waals surface area contributed by atoms with Crippen LogP contribution in [0.1, 0.15) is 0 Å². The highest BCUT2D eigenvalue weighted by atomic mass is 32.2. The van der Waals surface area contributed by atoms with Crippen molar-refractivity contribution in [1.82, 2.24) is 5.32 Å². The summed E-state index contributed by atoms with van der Waals surface area (Å²) in [6.45, 7) is 1.43. The Morgan fingerprint density at radius 3 is 2.56 bits per heavy atom. The number of benzene rings is 1. The van der Waals surface area contributed by atoms with Crippen LogP contribution in [-0.2, 0) is 14.6 Å². The van der Waals surface area contributed by atoms with Gasteiger partial charge in [-0.3, -0.25) is 0 Å². The summed E-state index contributed by atoms with van der Waals surface area (Å²) in [5.74, 6) is 0. The van der Waals surface area contributed by atoms with Gasteiger partial charge in [-0.15, -0.1) is 0 Å². The minimum absolute atomic E-state index is 0.246. The van der Waals surface area contributed by atoms with Crippen molar-refractivity contribution in [2.24, 2.45) is 0 Å². The second-order valence-electron chi connectivity index (χ2n) is 3.62. The van der Waals surface area contributed by atoms with Crippen molar-refractivity contribution in [3.63, 3.8) is 0 Å². The topological polar surface area (TPSA) is 81.4 Å². The van der Waals surface area contributed by atoms with Crippen LogP contribution >= 0.6 is 0 Å². The molecule has 1 fully saturated rings. The minimum Gasteiger partial charge on any atom is -0.399 e. The van der Waals surface area contributed by atoms with E-state index in [-0.39, 0.29) is 4.90 Å². The number of morpholine rings is 1. The average molecular weight is 242 g/mol. The summed E-state index contributed by atoms with van der Waals surface area (Å²) in [6, 6.07) is 6.15. The minimum atomic E-state index is -3.42. The van der Waals surface area contributed by atoms with Gasteiger partial charge in [-0.1, -0.05) is 0 Å². The molecule has 6 heteroatoms. The summed E-state index contributed by atoms with van der Waals surface area (Å²) >= 11 is 0. The number of anilines is 1. The normalized spacial score (nSPS) is 21.9. The average Bonchev–Trinajstić information content (AvgIpc) is 2.31. The van der Waals surface area contributed by atoms with Crippen LogP contribution in [0.15, 0.2) is 29.2 Å². The van der Waals surface area contributed by atoms with E-state index >= 15 is 0 Å². The first kappa shape index (κ1) is 11.4. The fraction of sp³-hybridized carbons (Fsp3) is 0.400. The highest BCUT2D eigenvalue weighted by molar-refractivity contribution is 7.92. The lowest BCUT2D eigenvalue weighted by Crippen LogP contribution is -2.42. The summed E-state index contributed by atoms with van der Waals surface area (Å²) < 4.78 is 29.4. The Morgan fingerprint density at radius 1 is 1.31 bits per heavy atom. The Hall–Kier alpha value is -1.11. The molecular weight excluding hydrogens is 228 g/mol. The second kappa shape index (κ2) is 4.40. The van der Waals surface area contributed by atoms with Crippen molar-refractivity contribution in [3.05, 3.63) is 24.3 Å². The number of nitrogens with one attached hydrogen (secondary N) is 1. The smallest absolute Gasteiger partial charge is 0.206 e. The van der Waals surface area contributed by atoms with E-state index in [0.717, 1.165) is 0 Å². The van der Waals surface area contributed by atoms with Gasteiger partial charge in [-0.05, 0) is 24.3 Å². The predicted octanol–water partition coefficient (Wildman–Crippen LogP) is -0.0116. The molecule has 0 amide bonds. The van der Waals surface area contributed by atoms with E-state index in [1.807, 2.05) is 0 Å². The Bertz CT molecular complexity index is 449. The molecule has 1 aliphatic heterocycles. The number of nitrogen functional groups attached to an aromatic ring is 1. The number of ether oxygens (including phenoxy) is 1. The van der Waals surface area contributed by atoms with Crippen molar-refractivity contribution in [2.45, 2.75) is 10.3 Å². The Kier molecular flexibility index (Phi) is 3.13. The summed E-state index contributed by atoms with van der Waals surface area (Å²) in [7, 11) is -3.42. The molecule has 5 nitrogen and oxygen atoms in total. The summed E-state index contributed by atoms with van der Waals surface area (Å²) in [5.41, 5.74) is 5.25. The number of hydrogen-bond donors (Lipinski definition) is 2. The van der Waals surface area contributed by atoms with Gasteiger partial charge in [0.1, 0.15) is 0 Å². The van der Waals surface area contributed by atoms with Crippen LogP contribution in [0.25, 0.3) is 0 Å². The third-order valence-electron chi connectivity index (χ3n) is 2.45. The number of rotatable bonds is 2. The van der Waals surface area contributed by atoms with Gasteiger partial charge in [0.25, 0.3) is 0 Å². The molecule has 1 aromatic rings. The van der Waals surface area contributed by atoms with E-state index in [9.17, 15) is 8.42 Å². The predicted molar refractivity (Wildman–Crippen MR) is 60.6 cm³/mol. The van der Waals surface area contributed by atoms with E-state index in [1.54, 1.807) is 12.1 Å². The monoisotopic (exact) mass is 242 g/mol. The van der Waals surface area contributed by atoms with Crippen molar-refractivity contribution in [1.29, 1.82) is 0 Å². The molecule has 2 rings (SSSR count). The summed E-state index contributed by atoms with van der Waals surface area (Å²) in [5, 5.41) is 2.99. The lowest BCUT2D eigenvalue weighted by Gasteiger charge is -2.23. The Balaban J connectivity index is 2.27. The lowest BCUT2D eigenvalue weighted by atomic mass is 10.3. The molecule has 0 aromatic heterocycles. The fourth-order valence-corrected chi connectivity index (χ4v) is 2.98. The third kappa shape index (κ3) is 2.18. The molecule has 88 valence electrons. The molecule has 1 heterocycles. The number of sulfone groups is 1. The molecular formula is C10H14N2O3S. The molecule has 1 atom stereocenters. The summed E-state index contributed by atoms with van der Waals surface area (Å²) in [4.78, 5) is 0.246. The lowest BCUT2D eigenvalue weighted by molar-refractivity contribution is 0.0785. The zero-order valence-corrected chi connectivity index (χ0v) is 9.53. The van der Waals surface area contributed by atoms with Crippen molar-refractivity contribution in [3.8, 4) is 0 Å². The summed E-state index contributed by atoms with van der Waals surface area (Å²) in [6.07, 6.45) is 0. The zero-order chi connectivity index (χ0) is 11.6. The Labute approximate surface area is 94.5 Å². The van der Waals surface area contributed by atoms with Gasteiger partial charge in [0.2, 0.25) is 9.84 Å². The highest BCUT2D eigenvalue weighted by Crippen LogP contribution is 2.19. The van der Waals surface area contributed by atoms with Gasteiger partial charge >= 0.3 is 0 Å². The first-order valence-electron chi connectivity index (χ1n) is 5.02. The maximum Gasteiger partial charge on any atom is 0.206 e. The molecule has 0 bridgehead atoms. The molecule has 0 radical (unpaired) electrons. The molecule has 3 N–H and O–H groups in total. The first-order valence-corrected chi connectivity index (χ1v) is 6.57. The van der Waals surface area contributed by atoms with E-state index in [1.165, 1.54) is 12.1 Å². The first-order chi connectivity index (χ1) is 7.60. The second-order valence-corrected chi connectivity index (χ2v) is 5.71. The van der Waals surface area contributed by atoms with Gasteiger partial charge in [0.05, 0.1) is 11.5 Å².